The molecule has 0 fully saturated rings. The number of ether oxygens (including phenoxy) is 1. The van der Waals surface area contributed by atoms with E-state index >= 15 is 0 Å². The number of nitrogens with zero attached hydrogens (tertiary/aromatic N) is 2. The predicted octanol–water partition coefficient (Wildman–Crippen LogP) is 1.44. The fourth-order valence-corrected chi connectivity index (χ4v) is 1.73. The van der Waals surface area contributed by atoms with Crippen molar-refractivity contribution in [3.05, 3.63) is 48.5 Å². The molecule has 0 aliphatic heterocycles. The molecule has 1 atom stereocenters. The average molecular weight is 217 g/mol. The second-order valence-corrected chi connectivity index (χ2v) is 3.54. The van der Waals surface area contributed by atoms with Crippen LogP contribution in [0.1, 0.15) is 11.6 Å². The van der Waals surface area contributed by atoms with E-state index in [-0.39, 0.29) is 6.04 Å². The first-order chi connectivity index (χ1) is 7.85. The van der Waals surface area contributed by atoms with Crippen molar-refractivity contribution in [2.45, 2.75) is 6.04 Å². The maximum absolute atomic E-state index is 5.80. The van der Waals surface area contributed by atoms with Crippen LogP contribution in [0.4, 0.5) is 0 Å². The molecule has 2 rings (SSSR count). The first-order valence-corrected chi connectivity index (χ1v) is 5.16. The Kier molecular flexibility index (Phi) is 3.22. The lowest BCUT2D eigenvalue weighted by atomic mass is 10.1. The molecule has 0 saturated carbocycles. The van der Waals surface area contributed by atoms with Gasteiger partial charge in [0.05, 0.1) is 19.5 Å². The number of imidazole rings is 1. The summed E-state index contributed by atoms with van der Waals surface area (Å²) in [5, 5.41) is 0. The largest absolute Gasteiger partial charge is 0.497 e. The molecule has 4 heteroatoms. The van der Waals surface area contributed by atoms with Crippen molar-refractivity contribution >= 4 is 0 Å². The lowest BCUT2D eigenvalue weighted by molar-refractivity contribution is 0.413. The molecule has 0 bridgehead atoms. The number of hydrogen-bond acceptors (Lipinski definition) is 3. The summed E-state index contributed by atoms with van der Waals surface area (Å²) in [6.45, 7) is 0.531. The van der Waals surface area contributed by atoms with Crippen LogP contribution in [0, 0.1) is 0 Å². The van der Waals surface area contributed by atoms with Crippen LogP contribution in [0.5, 0.6) is 5.75 Å². The zero-order valence-corrected chi connectivity index (χ0v) is 9.21. The van der Waals surface area contributed by atoms with Gasteiger partial charge in [0.25, 0.3) is 0 Å². The Bertz CT molecular complexity index is 439. The third-order valence-electron chi connectivity index (χ3n) is 2.59. The van der Waals surface area contributed by atoms with Gasteiger partial charge in [-0.3, -0.25) is 0 Å². The standard InChI is InChI=1S/C12H15N3O/c1-16-11-4-2-3-10(7-11)12(8-13)15-6-5-14-9-15/h2-7,9,12H,8,13H2,1H3. The van der Waals surface area contributed by atoms with Crippen molar-refractivity contribution < 1.29 is 4.74 Å². The maximum atomic E-state index is 5.80. The third kappa shape index (κ3) is 2.06. The van der Waals surface area contributed by atoms with Gasteiger partial charge in [-0.2, -0.15) is 0 Å². The van der Waals surface area contributed by atoms with Crippen LogP contribution in [-0.4, -0.2) is 23.2 Å². The van der Waals surface area contributed by atoms with E-state index in [0.29, 0.717) is 6.54 Å². The average Bonchev–Trinajstić information content (AvgIpc) is 2.84. The SMILES string of the molecule is COc1cccc(C(CN)n2ccnc2)c1. The van der Waals surface area contributed by atoms with E-state index in [1.807, 2.05) is 35.0 Å². The van der Waals surface area contributed by atoms with E-state index in [1.165, 1.54) is 0 Å². The normalized spacial score (nSPS) is 12.4. The molecule has 1 heterocycles. The number of nitrogens with two attached hydrogens (primary N) is 1. The Morgan fingerprint density at radius 2 is 2.38 bits per heavy atom. The Labute approximate surface area is 94.7 Å². The van der Waals surface area contributed by atoms with Gasteiger partial charge in [0, 0.05) is 18.9 Å². The molecule has 16 heavy (non-hydrogen) atoms. The lowest BCUT2D eigenvalue weighted by Gasteiger charge is -2.17. The highest BCUT2D eigenvalue weighted by atomic mass is 16.5. The molecule has 0 aliphatic rings. The van der Waals surface area contributed by atoms with Gasteiger partial charge >= 0.3 is 0 Å². The van der Waals surface area contributed by atoms with Crippen molar-refractivity contribution in [3.8, 4) is 5.75 Å². The topological polar surface area (TPSA) is 53.1 Å². The molecule has 1 aromatic carbocycles. The summed E-state index contributed by atoms with van der Waals surface area (Å²) in [5.41, 5.74) is 6.92. The number of rotatable bonds is 4. The van der Waals surface area contributed by atoms with E-state index in [1.54, 1.807) is 19.6 Å². The maximum Gasteiger partial charge on any atom is 0.119 e. The Balaban J connectivity index is 2.33. The first-order valence-electron chi connectivity index (χ1n) is 5.16. The first kappa shape index (κ1) is 10.7. The smallest absolute Gasteiger partial charge is 0.119 e. The number of methoxy groups -OCH3 is 1. The monoisotopic (exact) mass is 217 g/mol. The van der Waals surface area contributed by atoms with Gasteiger partial charge in [0.2, 0.25) is 0 Å². The summed E-state index contributed by atoms with van der Waals surface area (Å²) >= 11 is 0. The summed E-state index contributed by atoms with van der Waals surface area (Å²) < 4.78 is 7.20. The highest BCUT2D eigenvalue weighted by molar-refractivity contribution is 5.31. The van der Waals surface area contributed by atoms with Crippen molar-refractivity contribution in [2.24, 2.45) is 5.73 Å². The second-order valence-electron chi connectivity index (χ2n) is 3.54. The van der Waals surface area contributed by atoms with Gasteiger partial charge < -0.3 is 15.0 Å². The van der Waals surface area contributed by atoms with Gasteiger partial charge in [-0.15, -0.1) is 0 Å². The Hall–Kier alpha value is -1.81. The van der Waals surface area contributed by atoms with Crippen LogP contribution in [0.3, 0.4) is 0 Å². The zero-order valence-electron chi connectivity index (χ0n) is 9.21. The van der Waals surface area contributed by atoms with Crippen molar-refractivity contribution in [2.75, 3.05) is 13.7 Å². The highest BCUT2D eigenvalue weighted by Crippen LogP contribution is 2.21. The Morgan fingerprint density at radius 3 is 3.00 bits per heavy atom. The lowest BCUT2D eigenvalue weighted by Crippen LogP contribution is -2.19. The van der Waals surface area contributed by atoms with E-state index in [2.05, 4.69) is 4.98 Å². The molecule has 2 N–H and O–H groups in total. The molecule has 0 aliphatic carbocycles. The van der Waals surface area contributed by atoms with E-state index < -0.39 is 0 Å². The minimum Gasteiger partial charge on any atom is -0.497 e. The number of aromatic nitrogens is 2. The fourth-order valence-electron chi connectivity index (χ4n) is 1.73. The molecule has 0 saturated heterocycles. The third-order valence-corrected chi connectivity index (χ3v) is 2.59. The zero-order chi connectivity index (χ0) is 11.4. The van der Waals surface area contributed by atoms with Crippen LogP contribution in [0.2, 0.25) is 0 Å². The van der Waals surface area contributed by atoms with Crippen LogP contribution in [-0.2, 0) is 0 Å². The molecule has 84 valence electrons. The predicted molar refractivity (Wildman–Crippen MR) is 62.4 cm³/mol. The highest BCUT2D eigenvalue weighted by Gasteiger charge is 2.11. The van der Waals surface area contributed by atoms with Gasteiger partial charge in [0.15, 0.2) is 0 Å². The van der Waals surface area contributed by atoms with Gasteiger partial charge in [-0.1, -0.05) is 12.1 Å². The fraction of sp³-hybridized carbons (Fsp3) is 0.250. The minimum atomic E-state index is 0.109. The molecular weight excluding hydrogens is 202 g/mol. The second kappa shape index (κ2) is 4.81. The summed E-state index contributed by atoms with van der Waals surface area (Å²) in [6, 6.07) is 8.04. The Morgan fingerprint density at radius 1 is 1.50 bits per heavy atom. The van der Waals surface area contributed by atoms with Gasteiger partial charge in [-0.05, 0) is 17.7 Å². The molecule has 4 nitrogen and oxygen atoms in total. The van der Waals surface area contributed by atoms with E-state index in [0.717, 1.165) is 11.3 Å². The molecule has 2 aromatic rings. The summed E-state index contributed by atoms with van der Waals surface area (Å²) in [5.74, 6) is 0.844. The van der Waals surface area contributed by atoms with Crippen molar-refractivity contribution in [1.82, 2.24) is 9.55 Å². The van der Waals surface area contributed by atoms with Crippen LogP contribution in [0.15, 0.2) is 43.0 Å². The summed E-state index contributed by atoms with van der Waals surface area (Å²) in [6.07, 6.45) is 5.44. The minimum absolute atomic E-state index is 0.109. The summed E-state index contributed by atoms with van der Waals surface area (Å²) in [7, 11) is 1.66. The van der Waals surface area contributed by atoms with Crippen LogP contribution >= 0.6 is 0 Å². The van der Waals surface area contributed by atoms with Crippen LogP contribution in [0.25, 0.3) is 0 Å². The van der Waals surface area contributed by atoms with Gasteiger partial charge in [0.1, 0.15) is 5.75 Å². The van der Waals surface area contributed by atoms with E-state index in [9.17, 15) is 0 Å². The van der Waals surface area contributed by atoms with Crippen molar-refractivity contribution in [1.29, 1.82) is 0 Å². The van der Waals surface area contributed by atoms with E-state index in [4.69, 9.17) is 10.5 Å². The number of benzene rings is 1. The number of hydrogen-bond donors (Lipinski definition) is 1. The van der Waals surface area contributed by atoms with Crippen molar-refractivity contribution in [3.63, 3.8) is 0 Å². The molecule has 1 aromatic heterocycles. The molecular formula is C12H15N3O. The quantitative estimate of drug-likeness (QED) is 0.843. The molecule has 0 amide bonds. The molecule has 0 spiro atoms. The summed E-state index contributed by atoms with van der Waals surface area (Å²) in [4.78, 5) is 4.04. The molecule has 0 radical (unpaired) electrons. The molecule has 1 unspecified atom stereocenters. The van der Waals surface area contributed by atoms with Gasteiger partial charge in [-0.25, -0.2) is 4.98 Å². The van der Waals surface area contributed by atoms with Crippen LogP contribution < -0.4 is 10.5 Å².